The molecule has 3 aromatic rings. The number of benzene rings is 1. The van der Waals surface area contributed by atoms with Gasteiger partial charge < -0.3 is 15.8 Å². The molecule has 6 nitrogen and oxygen atoms in total. The molecule has 0 amide bonds. The Labute approximate surface area is 137 Å². The Bertz CT molecular complexity index is 883. The molecule has 0 aliphatic carbocycles. The van der Waals surface area contributed by atoms with Crippen LogP contribution >= 0.6 is 11.3 Å². The summed E-state index contributed by atoms with van der Waals surface area (Å²) in [6, 6.07) is 7.66. The summed E-state index contributed by atoms with van der Waals surface area (Å²) in [5.41, 5.74) is 7.29. The minimum absolute atomic E-state index is 0.0680. The summed E-state index contributed by atoms with van der Waals surface area (Å²) in [6.07, 6.45) is 0. The molecule has 0 spiro atoms. The molecule has 0 aliphatic rings. The van der Waals surface area contributed by atoms with E-state index in [9.17, 15) is 4.79 Å². The number of hydrogen-bond acceptors (Lipinski definition) is 6. The molecule has 0 saturated heterocycles. The zero-order chi connectivity index (χ0) is 16.4. The van der Waals surface area contributed by atoms with Gasteiger partial charge in [-0.05, 0) is 17.7 Å². The maximum Gasteiger partial charge on any atom is 0.264 e. The van der Waals surface area contributed by atoms with Gasteiger partial charge in [0.2, 0.25) is 5.95 Å². The van der Waals surface area contributed by atoms with Gasteiger partial charge in [-0.25, -0.2) is 4.98 Å². The van der Waals surface area contributed by atoms with Gasteiger partial charge in [0.15, 0.2) is 0 Å². The zero-order valence-electron chi connectivity index (χ0n) is 13.0. The van der Waals surface area contributed by atoms with Crippen LogP contribution in [0.2, 0.25) is 0 Å². The number of anilines is 1. The van der Waals surface area contributed by atoms with Crippen LogP contribution < -0.4 is 21.3 Å². The zero-order valence-corrected chi connectivity index (χ0v) is 13.8. The lowest BCUT2D eigenvalue weighted by Crippen LogP contribution is -2.24. The molecule has 0 aliphatic heterocycles. The maximum absolute atomic E-state index is 12.7. The van der Waals surface area contributed by atoms with Crippen LogP contribution in [0.1, 0.15) is 0 Å². The second kappa shape index (κ2) is 6.39. The lowest BCUT2D eigenvalue weighted by molar-refractivity contribution is 0.415. The Hall–Kier alpha value is -2.38. The fourth-order valence-electron chi connectivity index (χ4n) is 2.40. The van der Waals surface area contributed by atoms with Gasteiger partial charge in [-0.3, -0.25) is 9.36 Å². The van der Waals surface area contributed by atoms with E-state index in [1.54, 1.807) is 14.2 Å². The second-order valence-electron chi connectivity index (χ2n) is 5.07. The number of methoxy groups -OCH3 is 1. The molecule has 0 unspecified atom stereocenters. The van der Waals surface area contributed by atoms with E-state index in [4.69, 9.17) is 10.5 Å². The summed E-state index contributed by atoms with van der Waals surface area (Å²) in [5.74, 6) is 1.32. The third-order valence-corrected chi connectivity index (χ3v) is 4.52. The van der Waals surface area contributed by atoms with Crippen molar-refractivity contribution >= 4 is 27.5 Å². The smallest absolute Gasteiger partial charge is 0.264 e. The molecule has 3 N–H and O–H groups in total. The van der Waals surface area contributed by atoms with E-state index in [2.05, 4.69) is 10.3 Å². The van der Waals surface area contributed by atoms with Crippen LogP contribution in [0.25, 0.3) is 21.3 Å². The van der Waals surface area contributed by atoms with Gasteiger partial charge in [0.25, 0.3) is 5.56 Å². The summed E-state index contributed by atoms with van der Waals surface area (Å²) in [5, 5.41) is 5.68. The predicted molar refractivity (Wildman–Crippen MR) is 94.4 cm³/mol. The summed E-state index contributed by atoms with van der Waals surface area (Å²) in [6.45, 7) is 1.05. The molecule has 120 valence electrons. The Morgan fingerprint density at radius 1 is 1.35 bits per heavy atom. The van der Waals surface area contributed by atoms with Gasteiger partial charge in [-0.15, -0.1) is 11.3 Å². The molecule has 23 heavy (non-hydrogen) atoms. The monoisotopic (exact) mass is 330 g/mol. The van der Waals surface area contributed by atoms with Crippen molar-refractivity contribution in [2.24, 2.45) is 12.8 Å². The largest absolute Gasteiger partial charge is 0.497 e. The number of nitrogens with two attached hydrogens (primary N) is 1. The van der Waals surface area contributed by atoms with Crippen LogP contribution in [0, 0.1) is 0 Å². The Kier molecular flexibility index (Phi) is 4.31. The number of nitrogens with one attached hydrogen (secondary N) is 1. The van der Waals surface area contributed by atoms with Crippen molar-refractivity contribution < 1.29 is 4.74 Å². The van der Waals surface area contributed by atoms with Crippen molar-refractivity contribution in [3.05, 3.63) is 40.0 Å². The van der Waals surface area contributed by atoms with Crippen LogP contribution in [-0.4, -0.2) is 29.8 Å². The maximum atomic E-state index is 12.7. The minimum atomic E-state index is -0.0680. The lowest BCUT2D eigenvalue weighted by atomic mass is 10.1. The first kappa shape index (κ1) is 15.5. The van der Waals surface area contributed by atoms with Gasteiger partial charge in [0.05, 0.1) is 12.5 Å². The molecule has 0 radical (unpaired) electrons. The van der Waals surface area contributed by atoms with E-state index in [1.165, 1.54) is 15.9 Å². The highest BCUT2D eigenvalue weighted by Gasteiger charge is 2.15. The Balaban J connectivity index is 2.12. The quantitative estimate of drug-likeness (QED) is 0.748. The third kappa shape index (κ3) is 2.80. The highest BCUT2D eigenvalue weighted by molar-refractivity contribution is 7.17. The number of fused-ring (bicyclic) bond motifs is 1. The number of nitrogens with zero attached hydrogens (tertiary/aromatic N) is 2. The van der Waals surface area contributed by atoms with Crippen molar-refractivity contribution in [3.63, 3.8) is 0 Å². The minimum Gasteiger partial charge on any atom is -0.497 e. The SMILES string of the molecule is COc1ccc(-c2csc3nc(NCCN)n(C)c(=O)c23)cc1. The summed E-state index contributed by atoms with van der Waals surface area (Å²) in [7, 11) is 3.34. The molecule has 3 rings (SSSR count). The standard InChI is InChI=1S/C16H18N4O2S/c1-20-15(21)13-12(10-3-5-11(22-2)6-4-10)9-23-14(13)19-16(20)18-8-7-17/h3-6,9H,7-8,17H2,1-2H3,(H,18,19). The number of rotatable bonds is 5. The Morgan fingerprint density at radius 3 is 2.74 bits per heavy atom. The van der Waals surface area contributed by atoms with E-state index in [1.807, 2.05) is 29.6 Å². The summed E-state index contributed by atoms with van der Waals surface area (Å²) >= 11 is 1.46. The van der Waals surface area contributed by atoms with E-state index in [-0.39, 0.29) is 5.56 Å². The highest BCUT2D eigenvalue weighted by atomic mass is 32.1. The van der Waals surface area contributed by atoms with Gasteiger partial charge in [0.1, 0.15) is 10.6 Å². The molecule has 2 heterocycles. The van der Waals surface area contributed by atoms with Crippen molar-refractivity contribution in [2.45, 2.75) is 0 Å². The van der Waals surface area contributed by atoms with Crippen LogP contribution in [-0.2, 0) is 7.05 Å². The van der Waals surface area contributed by atoms with Gasteiger partial charge in [-0.2, -0.15) is 0 Å². The number of thiophene rings is 1. The van der Waals surface area contributed by atoms with Gasteiger partial charge in [0, 0.05) is 31.1 Å². The van der Waals surface area contributed by atoms with Gasteiger partial charge in [-0.1, -0.05) is 12.1 Å². The van der Waals surface area contributed by atoms with Crippen LogP contribution in [0.5, 0.6) is 5.75 Å². The predicted octanol–water partition coefficient (Wildman–Crippen LogP) is 2.04. The summed E-state index contributed by atoms with van der Waals surface area (Å²) < 4.78 is 6.70. The first-order valence-corrected chi connectivity index (χ1v) is 8.10. The lowest BCUT2D eigenvalue weighted by Gasteiger charge is -2.09. The first-order chi connectivity index (χ1) is 11.2. The normalized spacial score (nSPS) is 10.9. The van der Waals surface area contributed by atoms with E-state index in [0.29, 0.717) is 24.4 Å². The molecule has 0 fully saturated rings. The van der Waals surface area contributed by atoms with Crippen molar-refractivity contribution in [3.8, 4) is 16.9 Å². The topological polar surface area (TPSA) is 82.2 Å². The molecule has 0 saturated carbocycles. The second-order valence-corrected chi connectivity index (χ2v) is 5.93. The van der Waals surface area contributed by atoms with Crippen LogP contribution in [0.3, 0.4) is 0 Å². The van der Waals surface area contributed by atoms with E-state index >= 15 is 0 Å². The molecule has 0 atom stereocenters. The van der Waals surface area contributed by atoms with Crippen molar-refractivity contribution in [1.82, 2.24) is 9.55 Å². The third-order valence-electron chi connectivity index (χ3n) is 3.64. The average Bonchev–Trinajstić information content (AvgIpc) is 3.01. The molecular weight excluding hydrogens is 312 g/mol. The number of hydrogen-bond donors (Lipinski definition) is 2. The van der Waals surface area contributed by atoms with Gasteiger partial charge >= 0.3 is 0 Å². The van der Waals surface area contributed by atoms with E-state index < -0.39 is 0 Å². The van der Waals surface area contributed by atoms with Crippen molar-refractivity contribution in [1.29, 1.82) is 0 Å². The highest BCUT2D eigenvalue weighted by Crippen LogP contribution is 2.32. The molecule has 7 heteroatoms. The molecule has 1 aromatic carbocycles. The fraction of sp³-hybridized carbons (Fsp3) is 0.250. The fourth-order valence-corrected chi connectivity index (χ4v) is 3.33. The van der Waals surface area contributed by atoms with Crippen LogP contribution in [0.15, 0.2) is 34.4 Å². The van der Waals surface area contributed by atoms with E-state index in [0.717, 1.165) is 21.7 Å². The summed E-state index contributed by atoms with van der Waals surface area (Å²) in [4.78, 5) is 18.0. The van der Waals surface area contributed by atoms with Crippen LogP contribution in [0.4, 0.5) is 5.95 Å². The van der Waals surface area contributed by atoms with Crippen molar-refractivity contribution in [2.75, 3.05) is 25.5 Å². The first-order valence-electron chi connectivity index (χ1n) is 7.22. The molecular formula is C16H18N4O2S. The number of ether oxygens (including phenoxy) is 1. The molecule has 0 bridgehead atoms. The average molecular weight is 330 g/mol. The Morgan fingerprint density at radius 2 is 2.09 bits per heavy atom. The molecule has 2 aromatic heterocycles. The number of aromatic nitrogens is 2.